The van der Waals surface area contributed by atoms with E-state index in [1.54, 1.807) is 0 Å². The number of rotatable bonds is 3. The molecule has 78 valence electrons. The van der Waals surface area contributed by atoms with Crippen molar-refractivity contribution in [1.82, 2.24) is 10.3 Å². The molecule has 0 spiro atoms. The van der Waals surface area contributed by atoms with Gasteiger partial charge in [-0.2, -0.15) is 0 Å². The quantitative estimate of drug-likeness (QED) is 0.790. The lowest BCUT2D eigenvalue weighted by Crippen LogP contribution is -2.25. The highest BCUT2D eigenvalue weighted by Crippen LogP contribution is 2.21. The lowest BCUT2D eigenvalue weighted by atomic mass is 10.0. The molecule has 3 N–H and O–H groups in total. The Labute approximate surface area is 89.3 Å². The van der Waals surface area contributed by atoms with Crippen molar-refractivity contribution in [2.45, 2.75) is 6.04 Å². The maximum atomic E-state index is 5.72. The fourth-order valence-electron chi connectivity index (χ4n) is 1.81. The van der Waals surface area contributed by atoms with E-state index in [2.05, 4.69) is 28.5 Å². The molecule has 0 aliphatic heterocycles. The van der Waals surface area contributed by atoms with Gasteiger partial charge in [0.25, 0.3) is 0 Å². The second-order valence-electron chi connectivity index (χ2n) is 3.50. The largest absolute Gasteiger partial charge is 0.329 e. The van der Waals surface area contributed by atoms with Crippen LogP contribution in [0.25, 0.3) is 10.9 Å². The van der Waals surface area contributed by atoms with Crippen LogP contribution in [0.15, 0.2) is 36.5 Å². The first-order valence-electron chi connectivity index (χ1n) is 5.08. The smallest absolute Gasteiger partial charge is 0.0750 e. The predicted octanol–water partition coefficient (Wildman–Crippen LogP) is 1.45. The van der Waals surface area contributed by atoms with Gasteiger partial charge in [-0.15, -0.1) is 0 Å². The minimum atomic E-state index is 0.170. The number of aromatic nitrogens is 1. The normalized spacial score (nSPS) is 12.9. The monoisotopic (exact) mass is 201 g/mol. The molecule has 1 heterocycles. The summed E-state index contributed by atoms with van der Waals surface area (Å²) >= 11 is 0. The molecule has 1 aromatic heterocycles. The second kappa shape index (κ2) is 4.38. The fraction of sp³-hybridized carbons (Fsp3) is 0.250. The number of fused-ring (bicyclic) bond motifs is 1. The maximum absolute atomic E-state index is 5.72. The van der Waals surface area contributed by atoms with Crippen LogP contribution in [0.2, 0.25) is 0 Å². The van der Waals surface area contributed by atoms with Gasteiger partial charge in [-0.1, -0.05) is 24.3 Å². The van der Waals surface area contributed by atoms with Gasteiger partial charge in [-0.3, -0.25) is 4.98 Å². The van der Waals surface area contributed by atoms with Crippen LogP contribution in [0.4, 0.5) is 0 Å². The summed E-state index contributed by atoms with van der Waals surface area (Å²) < 4.78 is 0. The van der Waals surface area contributed by atoms with Crippen LogP contribution >= 0.6 is 0 Å². The molecule has 0 fully saturated rings. The van der Waals surface area contributed by atoms with E-state index < -0.39 is 0 Å². The van der Waals surface area contributed by atoms with Crippen molar-refractivity contribution in [1.29, 1.82) is 0 Å². The number of para-hydroxylation sites is 1. The van der Waals surface area contributed by atoms with Crippen molar-refractivity contribution < 1.29 is 0 Å². The van der Waals surface area contributed by atoms with E-state index in [9.17, 15) is 0 Å². The van der Waals surface area contributed by atoms with E-state index in [0.717, 1.165) is 16.5 Å². The zero-order chi connectivity index (χ0) is 10.7. The van der Waals surface area contributed by atoms with Crippen LogP contribution in [-0.4, -0.2) is 18.6 Å². The first-order chi connectivity index (χ1) is 7.36. The predicted molar refractivity (Wildman–Crippen MR) is 62.6 cm³/mol. The Kier molecular flexibility index (Phi) is 2.94. The Balaban J connectivity index is 2.59. The molecule has 3 nitrogen and oxygen atoms in total. The standard InChI is InChI=1S/C12H15N3/c1-14-11(8-13)10-6-2-4-9-5-3-7-15-12(9)10/h2-7,11,14H,8,13H2,1H3. The molecule has 3 heteroatoms. The molecule has 15 heavy (non-hydrogen) atoms. The minimum Gasteiger partial charge on any atom is -0.329 e. The summed E-state index contributed by atoms with van der Waals surface area (Å²) in [6, 6.07) is 10.4. The number of hydrogen-bond donors (Lipinski definition) is 2. The van der Waals surface area contributed by atoms with Gasteiger partial charge in [-0.05, 0) is 18.7 Å². The fourth-order valence-corrected chi connectivity index (χ4v) is 1.81. The number of nitrogens with one attached hydrogen (secondary N) is 1. The zero-order valence-corrected chi connectivity index (χ0v) is 8.77. The lowest BCUT2D eigenvalue weighted by Gasteiger charge is -2.15. The number of hydrogen-bond acceptors (Lipinski definition) is 3. The highest BCUT2D eigenvalue weighted by atomic mass is 14.9. The Morgan fingerprint density at radius 3 is 2.87 bits per heavy atom. The summed E-state index contributed by atoms with van der Waals surface area (Å²) in [5, 5.41) is 4.35. The number of nitrogens with zero attached hydrogens (tertiary/aromatic N) is 1. The third kappa shape index (κ3) is 1.84. The Morgan fingerprint density at radius 1 is 1.33 bits per heavy atom. The van der Waals surface area contributed by atoms with Gasteiger partial charge in [0.1, 0.15) is 0 Å². The highest BCUT2D eigenvalue weighted by Gasteiger charge is 2.10. The Hall–Kier alpha value is -1.45. The van der Waals surface area contributed by atoms with E-state index in [0.29, 0.717) is 6.54 Å². The molecule has 0 aliphatic rings. The Bertz CT molecular complexity index is 444. The highest BCUT2D eigenvalue weighted by molar-refractivity contribution is 5.82. The van der Waals surface area contributed by atoms with Crippen LogP contribution in [0.1, 0.15) is 11.6 Å². The summed E-state index contributed by atoms with van der Waals surface area (Å²) in [7, 11) is 1.92. The van der Waals surface area contributed by atoms with Gasteiger partial charge in [0.2, 0.25) is 0 Å². The molecule has 0 saturated carbocycles. The van der Waals surface area contributed by atoms with Crippen molar-refractivity contribution in [2.24, 2.45) is 5.73 Å². The van der Waals surface area contributed by atoms with Crippen LogP contribution in [0.3, 0.4) is 0 Å². The third-order valence-electron chi connectivity index (χ3n) is 2.62. The summed E-state index contributed by atoms with van der Waals surface area (Å²) in [4.78, 5) is 4.40. The van der Waals surface area contributed by atoms with E-state index in [1.165, 1.54) is 0 Å². The van der Waals surface area contributed by atoms with Crippen LogP contribution in [0.5, 0.6) is 0 Å². The van der Waals surface area contributed by atoms with Crippen LogP contribution in [0, 0.1) is 0 Å². The molecular formula is C12H15N3. The van der Waals surface area contributed by atoms with Crippen molar-refractivity contribution in [3.63, 3.8) is 0 Å². The van der Waals surface area contributed by atoms with Gasteiger partial charge >= 0.3 is 0 Å². The molecule has 1 atom stereocenters. The van der Waals surface area contributed by atoms with Gasteiger partial charge < -0.3 is 11.1 Å². The molecule has 0 aliphatic carbocycles. The van der Waals surface area contributed by atoms with Crippen molar-refractivity contribution in [3.05, 3.63) is 42.1 Å². The number of benzene rings is 1. The summed E-state index contributed by atoms with van der Waals surface area (Å²) in [6.45, 7) is 0.576. The maximum Gasteiger partial charge on any atom is 0.0750 e. The van der Waals surface area contributed by atoms with Crippen molar-refractivity contribution in [3.8, 4) is 0 Å². The first-order valence-corrected chi connectivity index (χ1v) is 5.08. The van der Waals surface area contributed by atoms with Gasteiger partial charge in [0, 0.05) is 24.2 Å². The van der Waals surface area contributed by atoms with E-state index in [1.807, 2.05) is 25.4 Å². The molecule has 0 saturated heterocycles. The molecule has 1 unspecified atom stereocenters. The first kappa shape index (κ1) is 10.1. The topological polar surface area (TPSA) is 50.9 Å². The van der Waals surface area contributed by atoms with E-state index >= 15 is 0 Å². The summed E-state index contributed by atoms with van der Waals surface area (Å²) in [5.74, 6) is 0. The second-order valence-corrected chi connectivity index (χ2v) is 3.50. The molecule has 0 radical (unpaired) electrons. The Morgan fingerprint density at radius 2 is 2.13 bits per heavy atom. The molecule has 1 aromatic carbocycles. The molecule has 2 rings (SSSR count). The van der Waals surface area contributed by atoms with Gasteiger partial charge in [-0.25, -0.2) is 0 Å². The van der Waals surface area contributed by atoms with Crippen LogP contribution < -0.4 is 11.1 Å². The SMILES string of the molecule is CNC(CN)c1cccc2cccnc12. The van der Waals surface area contributed by atoms with Gasteiger partial charge in [0.05, 0.1) is 5.52 Å². The summed E-state index contributed by atoms with van der Waals surface area (Å²) in [6.07, 6.45) is 1.81. The third-order valence-corrected chi connectivity index (χ3v) is 2.62. The van der Waals surface area contributed by atoms with Gasteiger partial charge in [0.15, 0.2) is 0 Å². The van der Waals surface area contributed by atoms with E-state index in [-0.39, 0.29) is 6.04 Å². The molecular weight excluding hydrogens is 186 g/mol. The molecule has 0 bridgehead atoms. The average molecular weight is 201 g/mol. The minimum absolute atomic E-state index is 0.170. The summed E-state index contributed by atoms with van der Waals surface area (Å²) in [5.41, 5.74) is 7.91. The average Bonchev–Trinajstić information content (AvgIpc) is 2.31. The lowest BCUT2D eigenvalue weighted by molar-refractivity contribution is 0.609. The molecule has 2 aromatic rings. The number of nitrogens with two attached hydrogens (primary N) is 1. The molecule has 0 amide bonds. The zero-order valence-electron chi connectivity index (χ0n) is 8.77. The number of pyridine rings is 1. The van der Waals surface area contributed by atoms with E-state index in [4.69, 9.17) is 5.73 Å². The van der Waals surface area contributed by atoms with Crippen LogP contribution in [-0.2, 0) is 0 Å². The van der Waals surface area contributed by atoms with Crippen molar-refractivity contribution in [2.75, 3.05) is 13.6 Å². The number of likely N-dealkylation sites (N-methyl/N-ethyl adjacent to an activating group) is 1. The van der Waals surface area contributed by atoms with Crippen molar-refractivity contribution >= 4 is 10.9 Å².